The summed E-state index contributed by atoms with van der Waals surface area (Å²) >= 11 is 0. The topological polar surface area (TPSA) is 47.6 Å². The Hall–Kier alpha value is -2.63. The first kappa shape index (κ1) is 13.4. The Bertz CT molecular complexity index is 690. The minimum absolute atomic E-state index is 0.0195. The number of carbonyl (C=O) groups excluding carboxylic acids is 1. The number of benzene rings is 2. The van der Waals surface area contributed by atoms with Gasteiger partial charge in [0.1, 0.15) is 18.2 Å². The van der Waals surface area contributed by atoms with E-state index in [2.05, 4.69) is 5.32 Å². The highest BCUT2D eigenvalue weighted by Crippen LogP contribution is 2.31. The molecular formula is C15H11F2NO3. The van der Waals surface area contributed by atoms with Crippen LogP contribution in [-0.4, -0.2) is 18.6 Å². The average molecular weight is 291 g/mol. The van der Waals surface area contributed by atoms with Crippen LogP contribution in [0.3, 0.4) is 0 Å². The molecule has 0 aromatic heterocycles. The predicted molar refractivity (Wildman–Crippen MR) is 71.3 cm³/mol. The molecule has 3 rings (SSSR count). The summed E-state index contributed by atoms with van der Waals surface area (Å²) in [5, 5.41) is 2.35. The second-order valence-corrected chi connectivity index (χ2v) is 4.48. The average Bonchev–Trinajstić information content (AvgIpc) is 2.49. The van der Waals surface area contributed by atoms with Crippen LogP contribution in [0.2, 0.25) is 0 Å². The van der Waals surface area contributed by atoms with Crippen LogP contribution in [-0.2, 0) is 4.79 Å². The number of ether oxygens (including phenoxy) is 2. The highest BCUT2D eigenvalue weighted by molar-refractivity contribution is 5.94. The van der Waals surface area contributed by atoms with E-state index in [9.17, 15) is 13.6 Å². The molecule has 0 radical (unpaired) electrons. The first-order valence-electron chi connectivity index (χ1n) is 6.28. The number of halogens is 2. The van der Waals surface area contributed by atoms with Crippen molar-refractivity contribution in [1.82, 2.24) is 0 Å². The van der Waals surface area contributed by atoms with Gasteiger partial charge in [-0.05, 0) is 24.3 Å². The Morgan fingerprint density at radius 1 is 1.14 bits per heavy atom. The lowest BCUT2D eigenvalue weighted by molar-refractivity contribution is -0.125. The lowest BCUT2D eigenvalue weighted by atomic mass is 10.2. The smallest absolute Gasteiger partial charge is 0.269 e. The Balaban J connectivity index is 1.72. The van der Waals surface area contributed by atoms with E-state index < -0.39 is 23.6 Å². The lowest BCUT2D eigenvalue weighted by Crippen LogP contribution is -2.40. The molecule has 1 aliphatic heterocycles. The van der Waals surface area contributed by atoms with Crippen LogP contribution in [0.5, 0.6) is 11.5 Å². The monoisotopic (exact) mass is 291 g/mol. The number of hydrogen-bond donors (Lipinski definition) is 1. The zero-order valence-corrected chi connectivity index (χ0v) is 10.8. The largest absolute Gasteiger partial charge is 0.485 e. The third kappa shape index (κ3) is 2.79. The van der Waals surface area contributed by atoms with Gasteiger partial charge in [0.05, 0.1) is 5.69 Å². The molecule has 1 heterocycles. The fourth-order valence-corrected chi connectivity index (χ4v) is 1.95. The number of para-hydroxylation sites is 2. The van der Waals surface area contributed by atoms with E-state index in [0.717, 1.165) is 12.1 Å². The van der Waals surface area contributed by atoms with Gasteiger partial charge in [0.15, 0.2) is 11.5 Å². The number of anilines is 1. The molecule has 0 spiro atoms. The van der Waals surface area contributed by atoms with Crippen molar-refractivity contribution in [2.75, 3.05) is 11.9 Å². The second-order valence-electron chi connectivity index (χ2n) is 4.48. The summed E-state index contributed by atoms with van der Waals surface area (Å²) in [4.78, 5) is 12.0. The summed E-state index contributed by atoms with van der Waals surface area (Å²) in [6.45, 7) is 0.0195. The molecule has 1 atom stereocenters. The number of hydrogen-bond acceptors (Lipinski definition) is 3. The molecule has 1 amide bonds. The highest BCUT2D eigenvalue weighted by atomic mass is 19.1. The standard InChI is InChI=1S/C15H11F2NO3/c16-9-5-6-11(10(17)7-9)18-15(19)14-8-20-12-3-1-2-4-13(12)21-14/h1-7,14H,8H2,(H,18,19). The molecule has 1 unspecified atom stereocenters. The van der Waals surface area contributed by atoms with Crippen molar-refractivity contribution in [3.05, 3.63) is 54.1 Å². The minimum Gasteiger partial charge on any atom is -0.485 e. The summed E-state index contributed by atoms with van der Waals surface area (Å²) in [5.74, 6) is -1.12. The van der Waals surface area contributed by atoms with Crippen molar-refractivity contribution >= 4 is 11.6 Å². The quantitative estimate of drug-likeness (QED) is 0.925. The van der Waals surface area contributed by atoms with Crippen LogP contribution in [0, 0.1) is 11.6 Å². The van der Waals surface area contributed by atoms with Gasteiger partial charge in [-0.25, -0.2) is 8.78 Å². The molecule has 2 aromatic carbocycles. The minimum atomic E-state index is -0.899. The van der Waals surface area contributed by atoms with Gasteiger partial charge >= 0.3 is 0 Å². The molecule has 6 heteroatoms. The summed E-state index contributed by atoms with van der Waals surface area (Å²) in [6.07, 6.45) is -0.899. The van der Waals surface area contributed by atoms with Gasteiger partial charge in [0.25, 0.3) is 5.91 Å². The molecule has 0 fully saturated rings. The molecule has 4 nitrogen and oxygen atoms in total. The number of nitrogens with one attached hydrogen (secondary N) is 1. The van der Waals surface area contributed by atoms with Gasteiger partial charge in [-0.1, -0.05) is 12.1 Å². The summed E-state index contributed by atoms with van der Waals surface area (Å²) in [6, 6.07) is 9.85. The van der Waals surface area contributed by atoms with Gasteiger partial charge in [-0.2, -0.15) is 0 Å². The van der Waals surface area contributed by atoms with E-state index in [0.29, 0.717) is 17.6 Å². The Morgan fingerprint density at radius 2 is 1.90 bits per heavy atom. The number of rotatable bonds is 2. The maximum absolute atomic E-state index is 13.5. The van der Waals surface area contributed by atoms with Crippen molar-refractivity contribution in [2.45, 2.75) is 6.10 Å². The first-order valence-corrected chi connectivity index (χ1v) is 6.28. The van der Waals surface area contributed by atoms with Gasteiger partial charge in [-0.3, -0.25) is 4.79 Å². The molecule has 0 saturated carbocycles. The van der Waals surface area contributed by atoms with Crippen LogP contribution in [0.4, 0.5) is 14.5 Å². The maximum atomic E-state index is 13.5. The zero-order valence-electron chi connectivity index (χ0n) is 10.8. The van der Waals surface area contributed by atoms with Crippen LogP contribution >= 0.6 is 0 Å². The molecule has 0 aliphatic carbocycles. The second kappa shape index (κ2) is 5.40. The van der Waals surface area contributed by atoms with Crippen molar-refractivity contribution in [1.29, 1.82) is 0 Å². The van der Waals surface area contributed by atoms with E-state index in [1.165, 1.54) is 0 Å². The summed E-state index contributed by atoms with van der Waals surface area (Å²) < 4.78 is 37.2. The van der Waals surface area contributed by atoms with Gasteiger partial charge in [-0.15, -0.1) is 0 Å². The van der Waals surface area contributed by atoms with E-state index in [1.807, 2.05) is 0 Å². The fraction of sp³-hybridized carbons (Fsp3) is 0.133. The van der Waals surface area contributed by atoms with Crippen molar-refractivity contribution in [2.24, 2.45) is 0 Å². The van der Waals surface area contributed by atoms with E-state index in [4.69, 9.17) is 9.47 Å². The van der Waals surface area contributed by atoms with Crippen molar-refractivity contribution in [3.8, 4) is 11.5 Å². The summed E-state index contributed by atoms with van der Waals surface area (Å²) in [5.41, 5.74) is -0.108. The highest BCUT2D eigenvalue weighted by Gasteiger charge is 2.27. The molecular weight excluding hydrogens is 280 g/mol. The lowest BCUT2D eigenvalue weighted by Gasteiger charge is -2.25. The van der Waals surface area contributed by atoms with E-state index >= 15 is 0 Å². The van der Waals surface area contributed by atoms with Crippen LogP contribution in [0.25, 0.3) is 0 Å². The molecule has 108 valence electrons. The van der Waals surface area contributed by atoms with Gasteiger partial charge in [0, 0.05) is 6.07 Å². The maximum Gasteiger partial charge on any atom is 0.269 e. The molecule has 2 aromatic rings. The van der Waals surface area contributed by atoms with E-state index in [-0.39, 0.29) is 12.3 Å². The molecule has 1 aliphatic rings. The van der Waals surface area contributed by atoms with Crippen LogP contribution < -0.4 is 14.8 Å². The first-order chi connectivity index (χ1) is 10.1. The SMILES string of the molecule is O=C(Nc1ccc(F)cc1F)C1COc2ccccc2O1. The van der Waals surface area contributed by atoms with Crippen molar-refractivity contribution < 1.29 is 23.0 Å². The Labute approximate surface area is 119 Å². The van der Waals surface area contributed by atoms with Gasteiger partial charge in [0.2, 0.25) is 6.10 Å². The van der Waals surface area contributed by atoms with Gasteiger partial charge < -0.3 is 14.8 Å². The number of amides is 1. The van der Waals surface area contributed by atoms with E-state index in [1.54, 1.807) is 24.3 Å². The molecule has 0 bridgehead atoms. The predicted octanol–water partition coefficient (Wildman–Crippen LogP) is 2.74. The number of fused-ring (bicyclic) bond motifs is 1. The third-order valence-electron chi connectivity index (χ3n) is 2.99. The Kier molecular flexibility index (Phi) is 3.43. The molecule has 0 saturated heterocycles. The zero-order chi connectivity index (χ0) is 14.8. The van der Waals surface area contributed by atoms with Crippen LogP contribution in [0.15, 0.2) is 42.5 Å². The Morgan fingerprint density at radius 3 is 2.67 bits per heavy atom. The third-order valence-corrected chi connectivity index (χ3v) is 2.99. The number of carbonyl (C=O) groups is 1. The normalized spacial score (nSPS) is 16.4. The fourth-order valence-electron chi connectivity index (χ4n) is 1.95. The van der Waals surface area contributed by atoms with Crippen molar-refractivity contribution in [3.63, 3.8) is 0 Å². The molecule has 21 heavy (non-hydrogen) atoms. The molecule has 1 N–H and O–H groups in total. The summed E-state index contributed by atoms with van der Waals surface area (Å²) in [7, 11) is 0. The van der Waals surface area contributed by atoms with Crippen LogP contribution in [0.1, 0.15) is 0 Å².